The second-order valence-electron chi connectivity index (χ2n) is 6.35. The van der Waals surface area contributed by atoms with Gasteiger partial charge in [-0.05, 0) is 40.5 Å². The third-order valence-electron chi connectivity index (χ3n) is 4.46. The molecule has 0 N–H and O–H groups in total. The largest absolute Gasteiger partial charge is 0.464 e. The van der Waals surface area contributed by atoms with Crippen molar-refractivity contribution in [1.82, 2.24) is 0 Å². The van der Waals surface area contributed by atoms with Crippen LogP contribution in [0.15, 0.2) is 0 Å². The van der Waals surface area contributed by atoms with Crippen molar-refractivity contribution in [3.63, 3.8) is 0 Å². The smallest absolute Gasteiger partial charge is 0.403 e. The maximum atomic E-state index is 6.13. The summed E-state index contributed by atoms with van der Waals surface area (Å²) in [4.78, 5) is 0. The van der Waals surface area contributed by atoms with Crippen molar-refractivity contribution in [1.29, 1.82) is 0 Å². The van der Waals surface area contributed by atoms with Gasteiger partial charge in [0.1, 0.15) is 0 Å². The van der Waals surface area contributed by atoms with Crippen molar-refractivity contribution >= 4 is 7.12 Å². The predicted molar refractivity (Wildman–Crippen MR) is 64.5 cm³/mol. The van der Waals surface area contributed by atoms with E-state index in [1.165, 1.54) is 0 Å². The fraction of sp³-hybridized carbons (Fsp3) is 1.00. The Morgan fingerprint density at radius 2 is 1.25 bits per heavy atom. The normalized spacial score (nSPS) is 31.7. The summed E-state index contributed by atoms with van der Waals surface area (Å²) in [6, 6.07) is 0. The van der Waals surface area contributed by atoms with E-state index in [1.807, 2.05) is 0 Å². The van der Waals surface area contributed by atoms with Gasteiger partial charge < -0.3 is 14.0 Å². The van der Waals surface area contributed by atoms with Gasteiger partial charge in [-0.1, -0.05) is 6.92 Å². The van der Waals surface area contributed by atoms with Gasteiger partial charge in [0, 0.05) is 18.5 Å². The molecule has 3 nitrogen and oxygen atoms in total. The first-order chi connectivity index (χ1) is 7.27. The van der Waals surface area contributed by atoms with Gasteiger partial charge in [0.25, 0.3) is 0 Å². The van der Waals surface area contributed by atoms with Crippen LogP contribution in [0.5, 0.6) is 0 Å². The van der Waals surface area contributed by atoms with E-state index in [0.717, 1.165) is 26.1 Å². The van der Waals surface area contributed by atoms with Crippen molar-refractivity contribution < 1.29 is 14.0 Å². The first kappa shape index (κ1) is 12.4. The van der Waals surface area contributed by atoms with E-state index in [4.69, 9.17) is 14.0 Å². The molecule has 0 radical (unpaired) electrons. The lowest BCUT2D eigenvalue weighted by Gasteiger charge is -2.34. The molecule has 4 heteroatoms. The van der Waals surface area contributed by atoms with Crippen molar-refractivity contribution in [2.24, 2.45) is 0 Å². The quantitative estimate of drug-likeness (QED) is 0.643. The van der Waals surface area contributed by atoms with E-state index in [1.54, 1.807) is 0 Å². The molecule has 2 rings (SSSR count). The van der Waals surface area contributed by atoms with Gasteiger partial charge in [-0.15, -0.1) is 0 Å². The summed E-state index contributed by atoms with van der Waals surface area (Å²) >= 11 is 0. The molecular weight excluding hydrogens is 203 g/mol. The average molecular weight is 226 g/mol. The van der Waals surface area contributed by atoms with Crippen LogP contribution in [0.4, 0.5) is 0 Å². The molecule has 0 aromatic heterocycles. The Labute approximate surface area is 99.0 Å². The first-order valence-electron chi connectivity index (χ1n) is 6.20. The molecule has 0 bridgehead atoms. The van der Waals surface area contributed by atoms with Crippen LogP contribution in [0.1, 0.15) is 47.5 Å². The van der Waals surface area contributed by atoms with Crippen molar-refractivity contribution in [2.75, 3.05) is 13.2 Å². The Hall–Kier alpha value is -0.0551. The lowest BCUT2D eigenvalue weighted by atomic mass is 9.54. The van der Waals surface area contributed by atoms with Crippen LogP contribution in [0.25, 0.3) is 0 Å². The SMILES string of the molecule is CC1(B2OC(C)(C)C(C)(C)O2)CCOCC1. The Balaban J connectivity index is 2.13. The lowest BCUT2D eigenvalue weighted by Crippen LogP contribution is -2.41. The van der Waals surface area contributed by atoms with E-state index < -0.39 is 0 Å². The molecule has 2 aliphatic heterocycles. The zero-order valence-electron chi connectivity index (χ0n) is 11.1. The monoisotopic (exact) mass is 226 g/mol. The molecule has 16 heavy (non-hydrogen) atoms. The van der Waals surface area contributed by atoms with Crippen LogP contribution in [0.2, 0.25) is 5.31 Å². The topological polar surface area (TPSA) is 27.7 Å². The molecule has 2 heterocycles. The fourth-order valence-corrected chi connectivity index (χ4v) is 2.20. The summed E-state index contributed by atoms with van der Waals surface area (Å²) in [5, 5.41) is 0.100. The van der Waals surface area contributed by atoms with Gasteiger partial charge in [-0.2, -0.15) is 0 Å². The molecule has 0 aromatic carbocycles. The molecular formula is C12H23BO3. The molecule has 2 saturated heterocycles. The zero-order chi connectivity index (χ0) is 12.0. The third-order valence-corrected chi connectivity index (χ3v) is 4.46. The van der Waals surface area contributed by atoms with Crippen molar-refractivity contribution in [3.8, 4) is 0 Å². The Bertz CT molecular complexity index is 253. The molecule has 0 atom stereocenters. The van der Waals surface area contributed by atoms with Crippen molar-refractivity contribution in [2.45, 2.75) is 64.0 Å². The first-order valence-corrected chi connectivity index (χ1v) is 6.20. The standard InChI is InChI=1S/C12H23BO3/c1-10(2)11(3,4)16-13(15-10)12(5)6-8-14-9-7-12/h6-9H2,1-5H3. The lowest BCUT2D eigenvalue weighted by molar-refractivity contribution is 0.00578. The van der Waals surface area contributed by atoms with Crippen LogP contribution >= 0.6 is 0 Å². The second-order valence-corrected chi connectivity index (χ2v) is 6.35. The second kappa shape index (κ2) is 3.72. The summed E-state index contributed by atoms with van der Waals surface area (Å²) in [6.45, 7) is 12.3. The average Bonchev–Trinajstić information content (AvgIpc) is 2.38. The van der Waals surface area contributed by atoms with Gasteiger partial charge in [0.05, 0.1) is 11.2 Å². The minimum atomic E-state index is -0.223. The van der Waals surface area contributed by atoms with Gasteiger partial charge in [0.2, 0.25) is 0 Å². The van der Waals surface area contributed by atoms with Crippen LogP contribution < -0.4 is 0 Å². The molecule has 0 amide bonds. The van der Waals surface area contributed by atoms with Crippen LogP contribution in [0.3, 0.4) is 0 Å². The van der Waals surface area contributed by atoms with Crippen LogP contribution in [-0.4, -0.2) is 31.5 Å². The Morgan fingerprint density at radius 1 is 0.812 bits per heavy atom. The van der Waals surface area contributed by atoms with E-state index in [-0.39, 0.29) is 23.6 Å². The third kappa shape index (κ3) is 1.91. The fourth-order valence-electron chi connectivity index (χ4n) is 2.20. The van der Waals surface area contributed by atoms with Gasteiger partial charge in [-0.25, -0.2) is 0 Å². The molecule has 92 valence electrons. The van der Waals surface area contributed by atoms with Crippen LogP contribution in [0, 0.1) is 0 Å². The molecule has 0 aromatic rings. The molecule has 0 unspecified atom stereocenters. The molecule has 2 fully saturated rings. The van der Waals surface area contributed by atoms with Crippen molar-refractivity contribution in [3.05, 3.63) is 0 Å². The maximum Gasteiger partial charge on any atom is 0.464 e. The van der Waals surface area contributed by atoms with Crippen LogP contribution in [-0.2, 0) is 14.0 Å². The highest BCUT2D eigenvalue weighted by molar-refractivity contribution is 6.49. The molecule has 0 saturated carbocycles. The Morgan fingerprint density at radius 3 is 1.69 bits per heavy atom. The van der Waals surface area contributed by atoms with Gasteiger partial charge in [-0.3, -0.25) is 0 Å². The van der Waals surface area contributed by atoms with E-state index in [9.17, 15) is 0 Å². The summed E-state index contributed by atoms with van der Waals surface area (Å²) in [5.41, 5.74) is -0.446. The summed E-state index contributed by atoms with van der Waals surface area (Å²) in [7, 11) is -0.0959. The van der Waals surface area contributed by atoms with Gasteiger partial charge >= 0.3 is 7.12 Å². The summed E-state index contributed by atoms with van der Waals surface area (Å²) in [6.07, 6.45) is 2.04. The predicted octanol–water partition coefficient (Wildman–Crippen LogP) is 2.65. The molecule has 0 aliphatic carbocycles. The van der Waals surface area contributed by atoms with Gasteiger partial charge in [0.15, 0.2) is 0 Å². The molecule has 2 aliphatic rings. The highest BCUT2D eigenvalue weighted by Crippen LogP contribution is 2.49. The number of hydrogen-bond acceptors (Lipinski definition) is 3. The van der Waals surface area contributed by atoms with E-state index in [2.05, 4.69) is 34.6 Å². The highest BCUT2D eigenvalue weighted by atomic mass is 16.7. The minimum Gasteiger partial charge on any atom is -0.403 e. The highest BCUT2D eigenvalue weighted by Gasteiger charge is 2.57. The number of ether oxygens (including phenoxy) is 1. The number of hydrogen-bond donors (Lipinski definition) is 0. The maximum absolute atomic E-state index is 6.13. The number of rotatable bonds is 1. The Kier molecular flexibility index (Phi) is 2.88. The molecule has 0 spiro atoms. The van der Waals surface area contributed by atoms with E-state index in [0.29, 0.717) is 0 Å². The summed E-state index contributed by atoms with van der Waals surface area (Å²) in [5.74, 6) is 0. The summed E-state index contributed by atoms with van der Waals surface area (Å²) < 4.78 is 17.7. The van der Waals surface area contributed by atoms with E-state index >= 15 is 0 Å². The minimum absolute atomic E-state index is 0.0959. The zero-order valence-corrected chi connectivity index (χ0v) is 11.1.